The zero-order valence-corrected chi connectivity index (χ0v) is 13.1. The quantitative estimate of drug-likeness (QED) is 0.741. The number of hydrogen-bond donors (Lipinski definition) is 1. The van der Waals surface area contributed by atoms with Crippen LogP contribution in [-0.2, 0) is 14.9 Å². The Bertz CT molecular complexity index is 401. The van der Waals surface area contributed by atoms with Crippen molar-refractivity contribution in [3.05, 3.63) is 35.9 Å². The minimum atomic E-state index is -0.206. The molecule has 0 aliphatic heterocycles. The maximum absolute atomic E-state index is 11.9. The third kappa shape index (κ3) is 4.97. The van der Waals surface area contributed by atoms with Gasteiger partial charge in [-0.25, -0.2) is 0 Å². The topological polar surface area (TPSA) is 38.3 Å². The first-order chi connectivity index (χ1) is 9.51. The summed E-state index contributed by atoms with van der Waals surface area (Å²) in [5, 5.41) is 3.37. The molecule has 1 unspecified atom stereocenters. The van der Waals surface area contributed by atoms with Crippen molar-refractivity contribution >= 4 is 5.97 Å². The molecule has 112 valence electrons. The summed E-state index contributed by atoms with van der Waals surface area (Å²) in [7, 11) is 0. The number of carbonyl (C=O) groups is 1. The van der Waals surface area contributed by atoms with Gasteiger partial charge >= 0.3 is 5.97 Å². The first-order valence-electron chi connectivity index (χ1n) is 7.46. The van der Waals surface area contributed by atoms with Gasteiger partial charge in [0.1, 0.15) is 6.04 Å². The van der Waals surface area contributed by atoms with Gasteiger partial charge in [0.2, 0.25) is 0 Å². The fourth-order valence-electron chi connectivity index (χ4n) is 2.20. The molecule has 20 heavy (non-hydrogen) atoms. The zero-order chi connectivity index (χ0) is 15.0. The summed E-state index contributed by atoms with van der Waals surface area (Å²) in [6.07, 6.45) is 1.77. The first-order valence-corrected chi connectivity index (χ1v) is 7.46. The molecule has 0 aliphatic rings. The Hall–Kier alpha value is -1.35. The van der Waals surface area contributed by atoms with E-state index in [9.17, 15) is 4.79 Å². The molecule has 0 amide bonds. The molecule has 0 radical (unpaired) electrons. The van der Waals surface area contributed by atoms with Gasteiger partial charge in [0.15, 0.2) is 0 Å². The molecule has 1 N–H and O–H groups in total. The van der Waals surface area contributed by atoms with Gasteiger partial charge in [0.05, 0.1) is 6.61 Å². The highest BCUT2D eigenvalue weighted by Gasteiger charge is 2.24. The van der Waals surface area contributed by atoms with E-state index in [0.29, 0.717) is 6.61 Å². The smallest absolute Gasteiger partial charge is 0.323 e. The van der Waals surface area contributed by atoms with Crippen molar-refractivity contribution in [3.8, 4) is 0 Å². The lowest BCUT2D eigenvalue weighted by Gasteiger charge is -2.28. The summed E-state index contributed by atoms with van der Waals surface area (Å²) in [5.41, 5.74) is 1.26. The summed E-state index contributed by atoms with van der Waals surface area (Å²) in [5.74, 6) is -0.141. The number of ether oxygens (including phenoxy) is 1. The van der Waals surface area contributed by atoms with Crippen LogP contribution in [0.5, 0.6) is 0 Å². The van der Waals surface area contributed by atoms with Crippen molar-refractivity contribution in [2.75, 3.05) is 13.2 Å². The van der Waals surface area contributed by atoms with Gasteiger partial charge in [-0.05, 0) is 18.9 Å². The zero-order valence-electron chi connectivity index (χ0n) is 13.1. The van der Waals surface area contributed by atoms with Gasteiger partial charge < -0.3 is 10.1 Å². The minimum Gasteiger partial charge on any atom is -0.465 e. The molecule has 3 heteroatoms. The molecule has 0 aromatic heterocycles. The average molecular weight is 277 g/mol. The molecule has 1 aromatic rings. The van der Waals surface area contributed by atoms with Crippen LogP contribution in [-0.4, -0.2) is 25.2 Å². The predicted molar refractivity (Wildman–Crippen MR) is 82.8 cm³/mol. The van der Waals surface area contributed by atoms with Crippen LogP contribution >= 0.6 is 0 Å². The fraction of sp³-hybridized carbons (Fsp3) is 0.588. The van der Waals surface area contributed by atoms with Crippen LogP contribution in [0, 0.1) is 0 Å². The van der Waals surface area contributed by atoms with Gasteiger partial charge in [-0.2, -0.15) is 0 Å². The van der Waals surface area contributed by atoms with E-state index in [1.165, 1.54) is 5.56 Å². The van der Waals surface area contributed by atoms with Crippen molar-refractivity contribution in [2.45, 2.75) is 52.0 Å². The molecular formula is C17H27NO2. The Kier molecular flexibility index (Phi) is 6.73. The summed E-state index contributed by atoms with van der Waals surface area (Å²) < 4.78 is 5.13. The minimum absolute atomic E-state index is 0.0141. The molecule has 0 heterocycles. The molecule has 1 rings (SSSR count). The normalized spacial score (nSPS) is 13.0. The molecule has 0 aliphatic carbocycles. The van der Waals surface area contributed by atoms with Crippen LogP contribution in [0.2, 0.25) is 0 Å². The van der Waals surface area contributed by atoms with Gasteiger partial charge in [0.25, 0.3) is 0 Å². The molecule has 0 saturated carbocycles. The summed E-state index contributed by atoms with van der Waals surface area (Å²) in [6, 6.07) is 10.2. The van der Waals surface area contributed by atoms with Crippen molar-refractivity contribution in [1.29, 1.82) is 0 Å². The standard InChI is InChI=1S/C17H27NO2/c1-5-10-15(16(19)20-6-2)18-13-17(3,4)14-11-8-7-9-12-14/h7-9,11-12,15,18H,5-6,10,13H2,1-4H3. The lowest BCUT2D eigenvalue weighted by Crippen LogP contribution is -2.44. The van der Waals surface area contributed by atoms with E-state index >= 15 is 0 Å². The van der Waals surface area contributed by atoms with Crippen LogP contribution in [0.3, 0.4) is 0 Å². The number of carbonyl (C=O) groups excluding carboxylic acids is 1. The maximum atomic E-state index is 11.9. The Morgan fingerprint density at radius 2 is 1.90 bits per heavy atom. The lowest BCUT2D eigenvalue weighted by molar-refractivity contribution is -0.145. The molecule has 0 fully saturated rings. The maximum Gasteiger partial charge on any atom is 0.323 e. The Morgan fingerprint density at radius 3 is 2.45 bits per heavy atom. The van der Waals surface area contributed by atoms with E-state index in [2.05, 4.69) is 38.2 Å². The number of rotatable bonds is 8. The largest absolute Gasteiger partial charge is 0.465 e. The average Bonchev–Trinajstić information content (AvgIpc) is 2.44. The van der Waals surface area contributed by atoms with E-state index in [-0.39, 0.29) is 17.4 Å². The van der Waals surface area contributed by atoms with Crippen LogP contribution < -0.4 is 5.32 Å². The first kappa shape index (κ1) is 16.7. The predicted octanol–water partition coefficient (Wildman–Crippen LogP) is 3.29. The van der Waals surface area contributed by atoms with E-state index in [1.807, 2.05) is 25.1 Å². The summed E-state index contributed by atoms with van der Waals surface area (Å²) in [6.45, 7) is 9.47. The molecular weight excluding hydrogens is 250 g/mol. The van der Waals surface area contributed by atoms with Crippen LogP contribution in [0.25, 0.3) is 0 Å². The molecule has 1 atom stereocenters. The highest BCUT2D eigenvalue weighted by Crippen LogP contribution is 2.22. The number of esters is 1. The van der Waals surface area contributed by atoms with Crippen LogP contribution in [0.1, 0.15) is 46.1 Å². The second-order valence-corrected chi connectivity index (χ2v) is 5.72. The van der Waals surface area contributed by atoms with Crippen molar-refractivity contribution < 1.29 is 9.53 Å². The molecule has 3 nitrogen and oxygen atoms in total. The number of benzene rings is 1. The number of hydrogen-bond acceptors (Lipinski definition) is 3. The number of nitrogens with one attached hydrogen (secondary N) is 1. The Labute approximate surface area is 122 Å². The second-order valence-electron chi connectivity index (χ2n) is 5.72. The molecule has 1 aromatic carbocycles. The summed E-state index contributed by atoms with van der Waals surface area (Å²) >= 11 is 0. The molecule has 0 spiro atoms. The molecule has 0 bridgehead atoms. The second kappa shape index (κ2) is 8.05. The lowest BCUT2D eigenvalue weighted by atomic mass is 9.84. The fourth-order valence-corrected chi connectivity index (χ4v) is 2.20. The van der Waals surface area contributed by atoms with Gasteiger partial charge in [0, 0.05) is 12.0 Å². The monoisotopic (exact) mass is 277 g/mol. The van der Waals surface area contributed by atoms with Gasteiger partial charge in [-0.3, -0.25) is 4.79 Å². The Morgan fingerprint density at radius 1 is 1.25 bits per heavy atom. The molecule has 0 saturated heterocycles. The van der Waals surface area contributed by atoms with Gasteiger partial charge in [-0.1, -0.05) is 57.5 Å². The van der Waals surface area contributed by atoms with E-state index in [0.717, 1.165) is 19.4 Å². The van der Waals surface area contributed by atoms with Gasteiger partial charge in [-0.15, -0.1) is 0 Å². The van der Waals surface area contributed by atoms with E-state index in [1.54, 1.807) is 0 Å². The van der Waals surface area contributed by atoms with Crippen molar-refractivity contribution in [3.63, 3.8) is 0 Å². The van der Waals surface area contributed by atoms with Crippen molar-refractivity contribution in [2.24, 2.45) is 0 Å². The van der Waals surface area contributed by atoms with Crippen LogP contribution in [0.4, 0.5) is 0 Å². The van der Waals surface area contributed by atoms with Crippen molar-refractivity contribution in [1.82, 2.24) is 5.32 Å². The highest BCUT2D eigenvalue weighted by atomic mass is 16.5. The summed E-state index contributed by atoms with van der Waals surface area (Å²) in [4.78, 5) is 11.9. The third-order valence-corrected chi connectivity index (χ3v) is 3.49. The van der Waals surface area contributed by atoms with E-state index in [4.69, 9.17) is 4.74 Å². The SMILES string of the molecule is CCCC(NCC(C)(C)c1ccccc1)C(=O)OCC. The Balaban J connectivity index is 2.64. The van der Waals surface area contributed by atoms with Crippen LogP contribution in [0.15, 0.2) is 30.3 Å². The van der Waals surface area contributed by atoms with E-state index < -0.39 is 0 Å². The highest BCUT2D eigenvalue weighted by molar-refractivity contribution is 5.75. The third-order valence-electron chi connectivity index (χ3n) is 3.49.